The zero-order valence-corrected chi connectivity index (χ0v) is 9.07. The van der Waals surface area contributed by atoms with Gasteiger partial charge in [-0.2, -0.15) is 13.2 Å². The highest BCUT2D eigenvalue weighted by atomic mass is 19.4. The smallest absolute Gasteiger partial charge is 0.337 e. The summed E-state index contributed by atoms with van der Waals surface area (Å²) in [5.74, 6) is 0. The molecular formula is C11H10F3N3. The number of nitrogens with zero attached hydrogens (tertiary/aromatic N) is 3. The van der Waals surface area contributed by atoms with Crippen LogP contribution in [-0.4, -0.2) is 14.5 Å². The molecule has 0 bridgehead atoms. The first-order valence-electron chi connectivity index (χ1n) is 4.94. The first-order valence-corrected chi connectivity index (χ1v) is 4.94. The Morgan fingerprint density at radius 3 is 2.47 bits per heavy atom. The SMILES string of the molecule is Cn1cncc1Cc1ccc(C(F)(F)F)nc1. The zero-order chi connectivity index (χ0) is 12.5. The van der Waals surface area contributed by atoms with Gasteiger partial charge in [0.1, 0.15) is 5.69 Å². The number of aromatic nitrogens is 3. The number of pyridine rings is 1. The predicted octanol–water partition coefficient (Wildman–Crippen LogP) is 2.42. The largest absolute Gasteiger partial charge is 0.433 e. The molecule has 0 amide bonds. The summed E-state index contributed by atoms with van der Waals surface area (Å²) in [5.41, 5.74) is 0.777. The molecule has 0 spiro atoms. The second-order valence-corrected chi connectivity index (χ2v) is 3.72. The van der Waals surface area contributed by atoms with Gasteiger partial charge in [0.05, 0.1) is 6.33 Å². The fourth-order valence-electron chi connectivity index (χ4n) is 1.46. The fourth-order valence-corrected chi connectivity index (χ4v) is 1.46. The summed E-state index contributed by atoms with van der Waals surface area (Å²) < 4.78 is 38.7. The van der Waals surface area contributed by atoms with E-state index in [0.717, 1.165) is 17.3 Å². The van der Waals surface area contributed by atoms with Gasteiger partial charge in [-0.25, -0.2) is 4.98 Å². The van der Waals surface area contributed by atoms with Gasteiger partial charge in [0, 0.05) is 31.6 Å². The molecule has 0 aromatic carbocycles. The van der Waals surface area contributed by atoms with Crippen molar-refractivity contribution in [3.05, 3.63) is 47.8 Å². The molecule has 2 heterocycles. The Hall–Kier alpha value is -1.85. The molecule has 0 aliphatic rings. The summed E-state index contributed by atoms with van der Waals surface area (Å²) in [7, 11) is 1.83. The third-order valence-electron chi connectivity index (χ3n) is 2.42. The summed E-state index contributed by atoms with van der Waals surface area (Å²) in [6.45, 7) is 0. The minimum Gasteiger partial charge on any atom is -0.337 e. The molecular weight excluding hydrogens is 231 g/mol. The minimum absolute atomic E-state index is 0.516. The van der Waals surface area contributed by atoms with Gasteiger partial charge in [0.15, 0.2) is 0 Å². The molecule has 0 saturated carbocycles. The van der Waals surface area contributed by atoms with Crippen LogP contribution in [-0.2, 0) is 19.6 Å². The summed E-state index contributed by atoms with van der Waals surface area (Å²) in [4.78, 5) is 7.34. The normalized spacial score (nSPS) is 11.8. The summed E-state index contributed by atoms with van der Waals surface area (Å²) in [6.07, 6.45) is 0.701. The summed E-state index contributed by atoms with van der Waals surface area (Å²) in [5, 5.41) is 0. The number of alkyl halides is 3. The van der Waals surface area contributed by atoms with Crippen LogP contribution in [0.4, 0.5) is 13.2 Å². The Bertz CT molecular complexity index is 499. The van der Waals surface area contributed by atoms with Crippen LogP contribution in [0.25, 0.3) is 0 Å². The molecule has 3 nitrogen and oxygen atoms in total. The van der Waals surface area contributed by atoms with Gasteiger partial charge < -0.3 is 4.57 Å². The lowest BCUT2D eigenvalue weighted by molar-refractivity contribution is -0.141. The lowest BCUT2D eigenvalue weighted by Crippen LogP contribution is -2.08. The molecule has 0 atom stereocenters. The van der Waals surface area contributed by atoms with E-state index in [9.17, 15) is 13.2 Å². The van der Waals surface area contributed by atoms with Crippen LogP contribution in [0.2, 0.25) is 0 Å². The summed E-state index contributed by atoms with van der Waals surface area (Å²) in [6, 6.07) is 2.43. The van der Waals surface area contributed by atoms with Crippen LogP contribution >= 0.6 is 0 Å². The van der Waals surface area contributed by atoms with Gasteiger partial charge in [0.2, 0.25) is 0 Å². The van der Waals surface area contributed by atoms with E-state index in [2.05, 4.69) is 9.97 Å². The number of halogens is 3. The molecule has 0 N–H and O–H groups in total. The van der Waals surface area contributed by atoms with E-state index >= 15 is 0 Å². The average molecular weight is 241 g/mol. The summed E-state index contributed by atoms with van der Waals surface area (Å²) >= 11 is 0. The van der Waals surface area contributed by atoms with Crippen molar-refractivity contribution in [2.75, 3.05) is 0 Å². The minimum atomic E-state index is -4.38. The Morgan fingerprint density at radius 2 is 2.00 bits per heavy atom. The predicted molar refractivity (Wildman–Crippen MR) is 55.3 cm³/mol. The van der Waals surface area contributed by atoms with Crippen molar-refractivity contribution in [1.29, 1.82) is 0 Å². The monoisotopic (exact) mass is 241 g/mol. The third kappa shape index (κ3) is 2.64. The lowest BCUT2D eigenvalue weighted by Gasteiger charge is -2.06. The molecule has 0 saturated heterocycles. The molecule has 17 heavy (non-hydrogen) atoms. The van der Waals surface area contributed by atoms with Crippen LogP contribution in [0, 0.1) is 0 Å². The van der Waals surface area contributed by atoms with Crippen molar-refractivity contribution in [1.82, 2.24) is 14.5 Å². The first kappa shape index (κ1) is 11.6. The Balaban J connectivity index is 2.17. The maximum Gasteiger partial charge on any atom is 0.433 e. The highest BCUT2D eigenvalue weighted by Crippen LogP contribution is 2.27. The molecule has 2 aromatic rings. The van der Waals surface area contributed by atoms with E-state index in [0.29, 0.717) is 6.42 Å². The molecule has 0 fully saturated rings. The van der Waals surface area contributed by atoms with Crippen LogP contribution in [0.5, 0.6) is 0 Å². The molecule has 6 heteroatoms. The second-order valence-electron chi connectivity index (χ2n) is 3.72. The van der Waals surface area contributed by atoms with Crippen molar-refractivity contribution >= 4 is 0 Å². The average Bonchev–Trinajstić information content (AvgIpc) is 2.64. The van der Waals surface area contributed by atoms with Crippen molar-refractivity contribution in [2.45, 2.75) is 12.6 Å². The number of hydrogen-bond acceptors (Lipinski definition) is 2. The van der Waals surface area contributed by atoms with Gasteiger partial charge in [-0.3, -0.25) is 4.98 Å². The fraction of sp³-hybridized carbons (Fsp3) is 0.273. The topological polar surface area (TPSA) is 30.7 Å². The maximum absolute atomic E-state index is 12.3. The molecule has 90 valence electrons. The Morgan fingerprint density at radius 1 is 1.24 bits per heavy atom. The molecule has 0 radical (unpaired) electrons. The lowest BCUT2D eigenvalue weighted by atomic mass is 10.1. The van der Waals surface area contributed by atoms with Gasteiger partial charge in [-0.15, -0.1) is 0 Å². The van der Waals surface area contributed by atoms with Gasteiger partial charge in [0.25, 0.3) is 0 Å². The molecule has 2 rings (SSSR count). The van der Waals surface area contributed by atoms with Crippen molar-refractivity contribution in [3.8, 4) is 0 Å². The first-order chi connectivity index (χ1) is 7.97. The zero-order valence-electron chi connectivity index (χ0n) is 9.07. The van der Waals surface area contributed by atoms with Crippen LogP contribution in [0.15, 0.2) is 30.9 Å². The Kier molecular flexibility index (Phi) is 2.87. The van der Waals surface area contributed by atoms with Crippen molar-refractivity contribution in [2.24, 2.45) is 7.05 Å². The van der Waals surface area contributed by atoms with E-state index in [1.165, 1.54) is 12.3 Å². The molecule has 2 aromatic heterocycles. The van der Waals surface area contributed by atoms with Crippen LogP contribution in [0.3, 0.4) is 0 Å². The third-order valence-corrected chi connectivity index (χ3v) is 2.42. The van der Waals surface area contributed by atoms with E-state index in [4.69, 9.17) is 0 Å². The van der Waals surface area contributed by atoms with Crippen LogP contribution in [0.1, 0.15) is 17.0 Å². The van der Waals surface area contributed by atoms with E-state index in [1.54, 1.807) is 12.5 Å². The van der Waals surface area contributed by atoms with Crippen LogP contribution < -0.4 is 0 Å². The van der Waals surface area contributed by atoms with E-state index in [1.807, 2.05) is 11.6 Å². The van der Waals surface area contributed by atoms with E-state index < -0.39 is 11.9 Å². The standard InChI is InChI=1S/C11H10F3N3/c1-17-7-15-6-9(17)4-8-2-3-10(16-5-8)11(12,13)14/h2-3,5-7H,4H2,1H3. The number of hydrogen-bond donors (Lipinski definition) is 0. The van der Waals surface area contributed by atoms with Gasteiger partial charge in [-0.1, -0.05) is 6.07 Å². The number of aryl methyl sites for hydroxylation is 1. The highest BCUT2D eigenvalue weighted by Gasteiger charge is 2.31. The highest BCUT2D eigenvalue weighted by molar-refractivity contribution is 5.20. The quantitative estimate of drug-likeness (QED) is 0.808. The number of imidazole rings is 1. The Labute approximate surface area is 95.9 Å². The second kappa shape index (κ2) is 4.20. The van der Waals surface area contributed by atoms with Crippen molar-refractivity contribution in [3.63, 3.8) is 0 Å². The van der Waals surface area contributed by atoms with E-state index in [-0.39, 0.29) is 0 Å². The number of rotatable bonds is 2. The maximum atomic E-state index is 12.3. The molecule has 0 aliphatic heterocycles. The molecule has 0 aliphatic carbocycles. The van der Waals surface area contributed by atoms with Crippen molar-refractivity contribution < 1.29 is 13.2 Å². The van der Waals surface area contributed by atoms with Gasteiger partial charge >= 0.3 is 6.18 Å². The molecule has 0 unspecified atom stereocenters. The van der Waals surface area contributed by atoms with Gasteiger partial charge in [-0.05, 0) is 11.6 Å².